The Morgan fingerprint density at radius 3 is 1.04 bits per heavy atom. The third kappa shape index (κ3) is 12.1. The zero-order chi connectivity index (χ0) is 89.5. The number of rotatable bonds is 14. The molecule has 0 bridgehead atoms. The van der Waals surface area contributed by atoms with Crippen molar-refractivity contribution in [2.24, 2.45) is 0 Å². The topological polar surface area (TPSA) is 42.6 Å². The molecule has 0 fully saturated rings. The molecule has 4 aromatic heterocycles. The Bertz CT molecular complexity index is 9060. The number of anilines is 6. The number of hydrogen-bond donors (Lipinski definition) is 0. The lowest BCUT2D eigenvalue weighted by Gasteiger charge is -2.35. The second kappa shape index (κ2) is 31.5. The van der Waals surface area contributed by atoms with Crippen LogP contribution in [0.4, 0.5) is 34.1 Å². The van der Waals surface area contributed by atoms with E-state index in [1.54, 1.807) is 0 Å². The van der Waals surface area contributed by atoms with Crippen LogP contribution < -0.4 is 9.80 Å². The molecule has 0 amide bonds. The molecule has 0 aliphatic heterocycles. The van der Waals surface area contributed by atoms with Gasteiger partial charge in [0.2, 0.25) is 0 Å². The van der Waals surface area contributed by atoms with E-state index in [9.17, 15) is 0 Å². The van der Waals surface area contributed by atoms with E-state index in [1.807, 2.05) is 0 Å². The van der Waals surface area contributed by atoms with Gasteiger partial charge in [0.25, 0.3) is 0 Å². The molecular weight excluding hydrogens is 1650 g/mol. The van der Waals surface area contributed by atoms with Gasteiger partial charge in [-0.25, -0.2) is 0 Å². The Balaban J connectivity index is 0.000000138. The van der Waals surface area contributed by atoms with Crippen LogP contribution in [0.15, 0.2) is 518 Å². The van der Waals surface area contributed by atoms with Crippen molar-refractivity contribution < 1.29 is 8.83 Å². The minimum Gasteiger partial charge on any atom is -0.455 e. The molecule has 6 heteroatoms. The summed E-state index contributed by atoms with van der Waals surface area (Å²) in [5.74, 6) is 0. The summed E-state index contributed by atoms with van der Waals surface area (Å²) in [4.78, 5) is 4.88. The molecule has 0 saturated carbocycles. The second-order valence-electron chi connectivity index (χ2n) is 36.0. The Hall–Kier alpha value is -17.8. The van der Waals surface area contributed by atoms with Crippen molar-refractivity contribution in [1.82, 2.24) is 9.13 Å². The van der Waals surface area contributed by atoms with E-state index in [0.29, 0.717) is 0 Å². The van der Waals surface area contributed by atoms with Crippen LogP contribution in [-0.4, -0.2) is 9.13 Å². The van der Waals surface area contributed by atoms with E-state index in [-0.39, 0.29) is 0 Å². The largest absolute Gasteiger partial charge is 0.455 e. The summed E-state index contributed by atoms with van der Waals surface area (Å²) in [6.07, 6.45) is 0. The van der Waals surface area contributed by atoms with E-state index in [0.717, 1.165) is 111 Å². The van der Waals surface area contributed by atoms with Gasteiger partial charge < -0.3 is 27.8 Å². The van der Waals surface area contributed by atoms with Crippen LogP contribution in [0.2, 0.25) is 0 Å². The summed E-state index contributed by atoms with van der Waals surface area (Å²) >= 11 is 0. The number of fused-ring (bicyclic) bond motifs is 22. The highest BCUT2D eigenvalue weighted by atomic mass is 16.3. The zero-order valence-electron chi connectivity index (χ0n) is 74.1. The molecule has 0 N–H and O–H groups in total. The predicted octanol–water partition coefficient (Wildman–Crippen LogP) is 34.7. The highest BCUT2D eigenvalue weighted by molar-refractivity contribution is 6.18. The maximum atomic E-state index is 6.69. The van der Waals surface area contributed by atoms with E-state index in [2.05, 4.69) is 529 Å². The van der Waals surface area contributed by atoms with Gasteiger partial charge in [0.1, 0.15) is 22.3 Å². The number of hydrogen-bond acceptors (Lipinski definition) is 4. The molecule has 28 rings (SSSR count). The first-order valence-corrected chi connectivity index (χ1v) is 46.8. The third-order valence-corrected chi connectivity index (χ3v) is 28.9. The molecule has 0 radical (unpaired) electrons. The van der Waals surface area contributed by atoms with Crippen molar-refractivity contribution in [3.05, 3.63) is 554 Å². The predicted molar refractivity (Wildman–Crippen MR) is 566 cm³/mol. The average molecular weight is 1730 g/mol. The average Bonchev–Trinajstić information content (AvgIpc) is 1.53. The lowest BCUT2D eigenvalue weighted by atomic mass is 9.67. The highest BCUT2D eigenvalue weighted by Gasteiger charge is 2.49. The van der Waals surface area contributed by atoms with Gasteiger partial charge in [-0.15, -0.1) is 0 Å². The number of benzene rings is 22. The molecule has 0 saturated heterocycles. The molecule has 636 valence electrons. The van der Waals surface area contributed by atoms with Gasteiger partial charge in [0, 0.05) is 99.2 Å². The Morgan fingerprint density at radius 2 is 0.544 bits per heavy atom. The fraction of sp³-hybridized carbons (Fsp3) is 0.0154. The summed E-state index contributed by atoms with van der Waals surface area (Å²) in [5, 5.41) is 13.9. The van der Waals surface area contributed by atoms with Crippen LogP contribution in [0.25, 0.3) is 165 Å². The molecule has 4 heterocycles. The van der Waals surface area contributed by atoms with Crippen LogP contribution in [0.1, 0.15) is 44.5 Å². The molecule has 22 aromatic carbocycles. The summed E-state index contributed by atoms with van der Waals surface area (Å²) < 4.78 is 18.1. The van der Waals surface area contributed by atoms with Crippen molar-refractivity contribution in [1.29, 1.82) is 0 Å². The maximum absolute atomic E-state index is 6.69. The van der Waals surface area contributed by atoms with Crippen LogP contribution in [-0.2, 0) is 10.8 Å². The normalized spacial score (nSPS) is 12.8. The van der Waals surface area contributed by atoms with Gasteiger partial charge in [-0.1, -0.05) is 358 Å². The Kier molecular flexibility index (Phi) is 18.1. The fourth-order valence-electron chi connectivity index (χ4n) is 23.0. The first kappa shape index (κ1) is 78.0. The fourth-order valence-corrected chi connectivity index (χ4v) is 23.0. The molecule has 26 aromatic rings. The van der Waals surface area contributed by atoms with Gasteiger partial charge in [-0.3, -0.25) is 0 Å². The SMILES string of the molecule is c1ccc(-n2c3ccccc3c3cc(-c4ccc(N(c5ccc6c(c5)C(c5ccccc5)(c5ccccc5)c5ccccc5-6)c5ccc6oc7c8ccccc8ccc7c6c5)cc4)ccc32)cc1.c1ccc(-n2c3ccccc3c3cc(-c4ccc(N(c5ccc6oc7c8ccccc8ccc7c6c5)c5cccc6c5-c5ccccc5C6(c5ccccc5)c5ccccc5)cc4)ccc32)cc1. The molecule has 0 atom stereocenters. The number of aromatic nitrogens is 2. The molecule has 2 aliphatic rings. The summed E-state index contributed by atoms with van der Waals surface area (Å²) in [6.45, 7) is 0. The smallest absolute Gasteiger partial charge is 0.143 e. The third-order valence-electron chi connectivity index (χ3n) is 28.9. The lowest BCUT2D eigenvalue weighted by molar-refractivity contribution is 0.672. The first-order valence-electron chi connectivity index (χ1n) is 46.8. The van der Waals surface area contributed by atoms with Gasteiger partial charge in [-0.05, 0) is 246 Å². The minimum atomic E-state index is -0.534. The molecule has 136 heavy (non-hydrogen) atoms. The van der Waals surface area contributed by atoms with Crippen molar-refractivity contribution in [2.45, 2.75) is 10.8 Å². The number of para-hydroxylation sites is 4. The van der Waals surface area contributed by atoms with Crippen molar-refractivity contribution >= 4 is 143 Å². The van der Waals surface area contributed by atoms with Crippen LogP contribution >= 0.6 is 0 Å². The first-order chi connectivity index (χ1) is 67.5. The van der Waals surface area contributed by atoms with Crippen LogP contribution in [0.5, 0.6) is 0 Å². The lowest BCUT2D eigenvalue weighted by Crippen LogP contribution is -2.28. The molecular formula is C130H84N4O2. The van der Waals surface area contributed by atoms with Crippen molar-refractivity contribution in [3.8, 4) is 55.9 Å². The van der Waals surface area contributed by atoms with Gasteiger partial charge >= 0.3 is 0 Å². The van der Waals surface area contributed by atoms with Gasteiger partial charge in [0.15, 0.2) is 0 Å². The zero-order valence-corrected chi connectivity index (χ0v) is 74.1. The summed E-state index contributed by atoms with van der Waals surface area (Å²) in [5.41, 5.74) is 35.8. The van der Waals surface area contributed by atoms with Crippen molar-refractivity contribution in [2.75, 3.05) is 9.80 Å². The standard InChI is InChI=1S/2C65H42N2O/c1-4-18-46(19-5-1)65(47-20-6-2-7-21-47)57-27-14-12-26-54(57)63-58(65)28-16-30-61(63)66(50-37-40-62-56(42-50)53-38-33-44-17-10-11-24-51(44)64(53)68-62)49-35-31-43(32-36-49)45-34-39-60-55(41-45)52-25-13-15-29-59(52)67(60)48-22-8-3-9-23-48;1-4-17-46(18-5-1)65(47-19-6-2-7-20-47)59-26-14-12-24-53(59)54-37-34-51(42-60(54)65)66(50-35-39-63-58(41-50)56-36-30-44-16-10-11-23-52(44)64(56)68-63)49-32-28-43(29-33-49)45-31-38-62-57(40-45)55-25-13-15-27-61(55)67(62)48-21-8-3-9-22-48/h2*1-42H. The molecule has 2 aliphatic carbocycles. The maximum Gasteiger partial charge on any atom is 0.143 e. The van der Waals surface area contributed by atoms with Crippen molar-refractivity contribution in [3.63, 3.8) is 0 Å². The van der Waals surface area contributed by atoms with E-state index in [1.165, 1.54) is 132 Å². The van der Waals surface area contributed by atoms with E-state index < -0.39 is 10.8 Å². The molecule has 0 spiro atoms. The highest BCUT2D eigenvalue weighted by Crippen LogP contribution is 2.62. The van der Waals surface area contributed by atoms with E-state index >= 15 is 0 Å². The Labute approximate surface area is 786 Å². The van der Waals surface area contributed by atoms with Gasteiger partial charge in [-0.2, -0.15) is 0 Å². The number of furan rings is 2. The summed E-state index contributed by atoms with van der Waals surface area (Å²) in [6, 6.07) is 186. The molecule has 6 nitrogen and oxygen atoms in total. The minimum absolute atomic E-state index is 0.534. The molecule has 0 unspecified atom stereocenters. The quantitative estimate of drug-likeness (QED) is 0.109. The Morgan fingerprint density at radius 1 is 0.191 bits per heavy atom. The van der Waals surface area contributed by atoms with E-state index in [4.69, 9.17) is 8.83 Å². The van der Waals surface area contributed by atoms with Crippen LogP contribution in [0.3, 0.4) is 0 Å². The number of nitrogens with zero attached hydrogens (tertiary/aromatic N) is 4. The van der Waals surface area contributed by atoms with Crippen LogP contribution in [0, 0.1) is 0 Å². The monoisotopic (exact) mass is 1730 g/mol. The summed E-state index contributed by atoms with van der Waals surface area (Å²) in [7, 11) is 0. The van der Waals surface area contributed by atoms with Gasteiger partial charge in [0.05, 0.1) is 38.6 Å². The second-order valence-corrected chi connectivity index (χ2v) is 36.0.